The van der Waals surface area contributed by atoms with E-state index in [0.29, 0.717) is 11.9 Å². The fourth-order valence-electron chi connectivity index (χ4n) is 1.57. The Hall–Kier alpha value is -1.67. The van der Waals surface area contributed by atoms with Crippen molar-refractivity contribution >= 4 is 27.5 Å². The number of nitrogens with zero attached hydrogens (tertiary/aromatic N) is 1. The molecule has 0 aliphatic carbocycles. The van der Waals surface area contributed by atoms with Crippen LogP contribution in [0.1, 0.15) is 10.4 Å². The van der Waals surface area contributed by atoms with Gasteiger partial charge in [-0.3, -0.25) is 14.9 Å². The van der Waals surface area contributed by atoms with Crippen LogP contribution in [0.3, 0.4) is 0 Å². The zero-order valence-electron chi connectivity index (χ0n) is 11.1. The summed E-state index contributed by atoms with van der Waals surface area (Å²) in [7, 11) is 2.86. The average Bonchev–Trinajstić information content (AvgIpc) is 2.45. The van der Waals surface area contributed by atoms with Crippen molar-refractivity contribution in [2.45, 2.75) is 6.04 Å². The number of halogens is 1. The predicted molar refractivity (Wildman–Crippen MR) is 76.6 cm³/mol. The smallest absolute Gasteiger partial charge is 0.311 e. The lowest BCUT2D eigenvalue weighted by Crippen LogP contribution is -2.39. The Morgan fingerprint density at radius 1 is 1.50 bits per heavy atom. The molecule has 7 nitrogen and oxygen atoms in total. The first-order chi connectivity index (χ1) is 9.53. The number of benzene rings is 1. The van der Waals surface area contributed by atoms with E-state index in [1.807, 2.05) is 0 Å². The van der Waals surface area contributed by atoms with E-state index < -0.39 is 10.8 Å². The fraction of sp³-hybridized carbons (Fsp3) is 0.417. The highest BCUT2D eigenvalue weighted by Crippen LogP contribution is 2.27. The number of nitrogens with one attached hydrogen (secondary N) is 1. The second-order valence-corrected chi connectivity index (χ2v) is 4.57. The Morgan fingerprint density at radius 2 is 2.20 bits per heavy atom. The molecule has 8 heteroatoms. The summed E-state index contributed by atoms with van der Waals surface area (Å²) in [5.74, 6) is -0.294. The zero-order valence-corrected chi connectivity index (χ0v) is 12.7. The van der Waals surface area contributed by atoms with Gasteiger partial charge in [-0.2, -0.15) is 0 Å². The maximum atomic E-state index is 12.0. The van der Waals surface area contributed by atoms with Gasteiger partial charge in [0.25, 0.3) is 5.91 Å². The summed E-state index contributed by atoms with van der Waals surface area (Å²) in [6.45, 7) is 0.342. The molecule has 0 radical (unpaired) electrons. The normalized spacial score (nSPS) is 11.8. The van der Waals surface area contributed by atoms with Crippen LogP contribution in [-0.2, 0) is 4.74 Å². The van der Waals surface area contributed by atoms with E-state index in [0.717, 1.165) is 0 Å². The Balaban J connectivity index is 2.93. The second-order valence-electron chi connectivity index (χ2n) is 3.92. The zero-order chi connectivity index (χ0) is 15.1. The average molecular weight is 347 g/mol. The van der Waals surface area contributed by atoms with E-state index >= 15 is 0 Å². The molecule has 1 N–H and O–H groups in total. The molecule has 20 heavy (non-hydrogen) atoms. The van der Waals surface area contributed by atoms with Crippen molar-refractivity contribution in [1.29, 1.82) is 0 Å². The van der Waals surface area contributed by atoms with Crippen LogP contribution in [0.4, 0.5) is 5.69 Å². The van der Waals surface area contributed by atoms with Gasteiger partial charge in [0.15, 0.2) is 5.75 Å². The second kappa shape index (κ2) is 7.81. The minimum Gasteiger partial charge on any atom is -0.490 e. The van der Waals surface area contributed by atoms with Gasteiger partial charge in [0.1, 0.15) is 0 Å². The fourth-order valence-corrected chi connectivity index (χ4v) is 1.92. The SMILES string of the molecule is COCC(CBr)NC(=O)c1ccc(OC)c([N+](=O)[O-])c1. The van der Waals surface area contributed by atoms with Crippen molar-refractivity contribution in [1.82, 2.24) is 5.32 Å². The van der Waals surface area contributed by atoms with Gasteiger partial charge in [0, 0.05) is 24.1 Å². The van der Waals surface area contributed by atoms with Crippen molar-refractivity contribution < 1.29 is 19.2 Å². The molecule has 1 atom stereocenters. The number of hydrogen-bond acceptors (Lipinski definition) is 5. The van der Waals surface area contributed by atoms with E-state index in [9.17, 15) is 14.9 Å². The number of carbonyl (C=O) groups is 1. The summed E-state index contributed by atoms with van der Waals surface area (Å²) in [5.41, 5.74) is -0.0539. The van der Waals surface area contributed by atoms with Crippen LogP contribution in [0.25, 0.3) is 0 Å². The largest absolute Gasteiger partial charge is 0.490 e. The van der Waals surface area contributed by atoms with Crippen molar-refractivity contribution in [3.05, 3.63) is 33.9 Å². The third-order valence-corrected chi connectivity index (χ3v) is 3.31. The van der Waals surface area contributed by atoms with Crippen LogP contribution in [-0.4, -0.2) is 43.0 Å². The summed E-state index contributed by atoms with van der Waals surface area (Å²) >= 11 is 3.26. The topological polar surface area (TPSA) is 90.7 Å². The first kappa shape index (κ1) is 16.4. The summed E-state index contributed by atoms with van der Waals surface area (Å²) < 4.78 is 9.84. The lowest BCUT2D eigenvalue weighted by molar-refractivity contribution is -0.385. The molecule has 110 valence electrons. The third kappa shape index (κ3) is 4.17. The minimum absolute atomic E-state index is 0.112. The molecular formula is C12H15BrN2O5. The van der Waals surface area contributed by atoms with E-state index in [-0.39, 0.29) is 23.0 Å². The van der Waals surface area contributed by atoms with Gasteiger partial charge in [0.2, 0.25) is 0 Å². The Kier molecular flexibility index (Phi) is 6.40. The highest BCUT2D eigenvalue weighted by Gasteiger charge is 2.19. The first-order valence-corrected chi connectivity index (χ1v) is 6.83. The third-order valence-electron chi connectivity index (χ3n) is 2.53. The van der Waals surface area contributed by atoms with Crippen molar-refractivity contribution in [3.63, 3.8) is 0 Å². The molecule has 0 aromatic heterocycles. The van der Waals surface area contributed by atoms with E-state index in [1.54, 1.807) is 0 Å². The molecule has 1 amide bonds. The number of carbonyl (C=O) groups excluding carboxylic acids is 1. The molecule has 0 fully saturated rings. The first-order valence-electron chi connectivity index (χ1n) is 5.71. The van der Waals surface area contributed by atoms with Crippen LogP contribution in [0.5, 0.6) is 5.75 Å². The quantitative estimate of drug-likeness (QED) is 0.461. The number of nitro groups is 1. The van der Waals surface area contributed by atoms with Gasteiger partial charge >= 0.3 is 5.69 Å². The number of alkyl halides is 1. The van der Waals surface area contributed by atoms with Crippen LogP contribution >= 0.6 is 15.9 Å². The number of methoxy groups -OCH3 is 2. The maximum absolute atomic E-state index is 12.0. The monoisotopic (exact) mass is 346 g/mol. The molecule has 1 aromatic rings. The van der Waals surface area contributed by atoms with Crippen LogP contribution in [0.15, 0.2) is 18.2 Å². The molecule has 1 aromatic carbocycles. The Labute approximate surface area is 124 Å². The Morgan fingerprint density at radius 3 is 2.70 bits per heavy atom. The number of rotatable bonds is 7. The van der Waals surface area contributed by atoms with Crippen LogP contribution < -0.4 is 10.1 Å². The summed E-state index contributed by atoms with van der Waals surface area (Å²) in [5, 5.41) is 14.1. The highest BCUT2D eigenvalue weighted by molar-refractivity contribution is 9.09. The predicted octanol–water partition coefficient (Wildman–Crippen LogP) is 1.74. The number of hydrogen-bond donors (Lipinski definition) is 1. The maximum Gasteiger partial charge on any atom is 0.311 e. The van der Waals surface area contributed by atoms with Gasteiger partial charge < -0.3 is 14.8 Å². The van der Waals surface area contributed by atoms with Gasteiger partial charge in [-0.05, 0) is 12.1 Å². The van der Waals surface area contributed by atoms with Gasteiger partial charge in [-0.15, -0.1) is 0 Å². The van der Waals surface area contributed by atoms with Gasteiger partial charge in [0.05, 0.1) is 24.7 Å². The molecule has 0 bridgehead atoms. The molecule has 0 heterocycles. The summed E-state index contributed by atoms with van der Waals surface area (Å²) in [6, 6.07) is 3.84. The molecule has 1 unspecified atom stereocenters. The molecule has 0 saturated heterocycles. The lowest BCUT2D eigenvalue weighted by Gasteiger charge is -2.15. The van der Waals surface area contributed by atoms with Gasteiger partial charge in [-0.25, -0.2) is 0 Å². The van der Waals surface area contributed by atoms with E-state index in [1.165, 1.54) is 32.4 Å². The van der Waals surface area contributed by atoms with Crippen molar-refractivity contribution in [2.75, 3.05) is 26.2 Å². The number of nitro benzene ring substituents is 1. The molecule has 1 rings (SSSR count). The highest BCUT2D eigenvalue weighted by atomic mass is 79.9. The van der Waals surface area contributed by atoms with Gasteiger partial charge in [-0.1, -0.05) is 15.9 Å². The van der Waals surface area contributed by atoms with Crippen molar-refractivity contribution in [2.24, 2.45) is 0 Å². The van der Waals surface area contributed by atoms with Crippen LogP contribution in [0, 0.1) is 10.1 Å². The molecule has 0 spiro atoms. The molecule has 0 aliphatic rings. The van der Waals surface area contributed by atoms with E-state index in [2.05, 4.69) is 21.2 Å². The molecule has 0 aliphatic heterocycles. The standard InChI is InChI=1S/C12H15BrN2O5/c1-19-7-9(6-13)14-12(16)8-3-4-11(20-2)10(5-8)15(17)18/h3-5,9H,6-7H2,1-2H3,(H,14,16). The number of ether oxygens (including phenoxy) is 2. The summed E-state index contributed by atoms with van der Waals surface area (Å²) in [4.78, 5) is 22.3. The van der Waals surface area contributed by atoms with E-state index in [4.69, 9.17) is 9.47 Å². The Bertz CT molecular complexity index is 495. The lowest BCUT2D eigenvalue weighted by atomic mass is 10.1. The van der Waals surface area contributed by atoms with Crippen LogP contribution in [0.2, 0.25) is 0 Å². The minimum atomic E-state index is -0.591. The molecule has 0 saturated carbocycles. The summed E-state index contributed by atoms with van der Waals surface area (Å²) in [6.07, 6.45) is 0. The molecular weight excluding hydrogens is 332 g/mol. The van der Waals surface area contributed by atoms with Crippen molar-refractivity contribution in [3.8, 4) is 5.75 Å². The number of amides is 1.